The first-order chi connectivity index (χ1) is 13.3. The van der Waals surface area contributed by atoms with Crippen molar-refractivity contribution in [3.8, 4) is 0 Å². The quantitative estimate of drug-likeness (QED) is 0.613. The van der Waals surface area contributed by atoms with Gasteiger partial charge in [-0.15, -0.1) is 10.2 Å². The van der Waals surface area contributed by atoms with Gasteiger partial charge in [0.25, 0.3) is 5.91 Å². The normalized spacial score (nSPS) is 13.6. The highest BCUT2D eigenvalue weighted by Crippen LogP contribution is 2.26. The fourth-order valence-electron chi connectivity index (χ4n) is 2.58. The number of carbonyl (C=O) groups excluding carboxylic acids is 1. The molecule has 3 aromatic rings. The molecule has 7 nitrogen and oxygen atoms in total. The van der Waals surface area contributed by atoms with Crippen molar-refractivity contribution in [3.05, 3.63) is 60.1 Å². The maximum Gasteiger partial charge on any atom is 0.253 e. The van der Waals surface area contributed by atoms with Gasteiger partial charge in [0.15, 0.2) is 4.34 Å². The van der Waals surface area contributed by atoms with E-state index < -0.39 is 0 Å². The van der Waals surface area contributed by atoms with Crippen LogP contribution in [0.3, 0.4) is 0 Å². The fraction of sp³-hybridized carbons (Fsp3) is 0.222. The van der Waals surface area contributed by atoms with Crippen molar-refractivity contribution in [1.29, 1.82) is 0 Å². The first-order valence-corrected chi connectivity index (χ1v) is 10.2. The second-order valence-corrected chi connectivity index (χ2v) is 7.97. The van der Waals surface area contributed by atoms with E-state index in [2.05, 4.69) is 20.6 Å². The number of nitrogens with one attached hydrogen (secondary N) is 1. The van der Waals surface area contributed by atoms with Crippen molar-refractivity contribution in [2.24, 2.45) is 5.10 Å². The number of rotatable bonds is 7. The number of nitrogens with zero attached hydrogens (tertiary/aromatic N) is 4. The summed E-state index contributed by atoms with van der Waals surface area (Å²) in [5.74, 6) is 1.10. The average Bonchev–Trinajstić information content (AvgIpc) is 3.47. The average molecular weight is 400 g/mol. The van der Waals surface area contributed by atoms with Crippen LogP contribution in [-0.2, 0) is 11.3 Å². The van der Waals surface area contributed by atoms with Crippen LogP contribution >= 0.6 is 23.1 Å². The minimum atomic E-state index is -0.0220. The lowest BCUT2D eigenvalue weighted by Crippen LogP contribution is -2.25. The molecule has 1 N–H and O–H groups in total. The van der Waals surface area contributed by atoms with Crippen LogP contribution in [0.4, 0.5) is 5.13 Å². The van der Waals surface area contributed by atoms with Gasteiger partial charge in [-0.3, -0.25) is 4.79 Å². The molecule has 0 saturated heterocycles. The molecule has 0 saturated carbocycles. The molecule has 0 aliphatic carbocycles. The van der Waals surface area contributed by atoms with Gasteiger partial charge in [-0.25, -0.2) is 5.01 Å². The Morgan fingerprint density at radius 1 is 1.22 bits per heavy atom. The predicted octanol–water partition coefficient (Wildman–Crippen LogP) is 3.47. The predicted molar refractivity (Wildman–Crippen MR) is 106 cm³/mol. The van der Waals surface area contributed by atoms with Crippen LogP contribution in [0.15, 0.2) is 62.6 Å². The van der Waals surface area contributed by atoms with Crippen LogP contribution in [0.2, 0.25) is 0 Å². The van der Waals surface area contributed by atoms with E-state index in [-0.39, 0.29) is 5.91 Å². The van der Waals surface area contributed by atoms with Crippen LogP contribution in [0.25, 0.3) is 0 Å². The fourth-order valence-corrected chi connectivity index (χ4v) is 4.20. The molecule has 0 unspecified atom stereocenters. The molecule has 0 bridgehead atoms. The summed E-state index contributed by atoms with van der Waals surface area (Å²) in [6, 6.07) is 13.7. The van der Waals surface area contributed by atoms with Crippen LogP contribution in [-0.4, -0.2) is 39.1 Å². The highest BCUT2D eigenvalue weighted by atomic mass is 32.2. The standard InChI is InChI=1S/C18H17N5O2S2/c24-16(23-9-8-15(22-23)13-5-2-1-3-6-13)12-26-18-21-20-17(27-18)19-11-14-7-4-10-25-14/h1-7,10H,8-9,11-12H2,(H,19,20). The smallest absolute Gasteiger partial charge is 0.253 e. The minimum absolute atomic E-state index is 0.0220. The maximum absolute atomic E-state index is 12.4. The lowest BCUT2D eigenvalue weighted by Gasteiger charge is -2.09. The van der Waals surface area contributed by atoms with Gasteiger partial charge in [0.1, 0.15) is 5.76 Å². The lowest BCUT2D eigenvalue weighted by molar-refractivity contribution is -0.127. The van der Waals surface area contributed by atoms with Crippen molar-refractivity contribution >= 4 is 39.8 Å². The first kappa shape index (κ1) is 17.7. The Balaban J connectivity index is 1.28. The number of hydrazone groups is 1. The molecule has 9 heteroatoms. The summed E-state index contributed by atoms with van der Waals surface area (Å²) in [6.07, 6.45) is 2.41. The van der Waals surface area contributed by atoms with Crippen molar-refractivity contribution in [2.75, 3.05) is 17.6 Å². The van der Waals surface area contributed by atoms with Gasteiger partial charge in [0.05, 0.1) is 30.8 Å². The van der Waals surface area contributed by atoms with Gasteiger partial charge in [-0.1, -0.05) is 53.4 Å². The van der Waals surface area contributed by atoms with Crippen molar-refractivity contribution < 1.29 is 9.21 Å². The summed E-state index contributed by atoms with van der Waals surface area (Å²) in [5, 5.41) is 18.1. The molecule has 27 heavy (non-hydrogen) atoms. The highest BCUT2D eigenvalue weighted by Gasteiger charge is 2.22. The Labute approximate surface area is 164 Å². The number of furan rings is 1. The third-order valence-electron chi connectivity index (χ3n) is 3.92. The zero-order valence-electron chi connectivity index (χ0n) is 14.4. The SMILES string of the molecule is O=C(CSc1nnc(NCc2ccco2)s1)N1CCC(c2ccccc2)=N1. The topological polar surface area (TPSA) is 83.6 Å². The minimum Gasteiger partial charge on any atom is -0.467 e. The molecule has 1 aromatic carbocycles. The Kier molecular flexibility index (Phi) is 5.50. The van der Waals surface area contributed by atoms with Crippen molar-refractivity contribution in [3.63, 3.8) is 0 Å². The van der Waals surface area contributed by atoms with Crippen molar-refractivity contribution in [1.82, 2.24) is 15.2 Å². The van der Waals surface area contributed by atoms with E-state index in [9.17, 15) is 4.79 Å². The van der Waals surface area contributed by atoms with Crippen molar-refractivity contribution in [2.45, 2.75) is 17.3 Å². The van der Waals surface area contributed by atoms with E-state index in [4.69, 9.17) is 4.42 Å². The van der Waals surface area contributed by atoms with E-state index in [1.807, 2.05) is 42.5 Å². The molecule has 3 heterocycles. The third-order valence-corrected chi connectivity index (χ3v) is 5.92. The van der Waals surface area contributed by atoms with E-state index in [1.54, 1.807) is 11.3 Å². The molecule has 4 rings (SSSR count). The zero-order chi connectivity index (χ0) is 18.5. The van der Waals surface area contributed by atoms with E-state index >= 15 is 0 Å². The third kappa shape index (κ3) is 4.55. The zero-order valence-corrected chi connectivity index (χ0v) is 16.0. The molecule has 138 valence electrons. The van der Waals surface area contributed by atoms with Gasteiger partial charge in [-0.05, 0) is 17.7 Å². The second kappa shape index (κ2) is 8.36. The van der Waals surface area contributed by atoms with Gasteiger partial charge < -0.3 is 9.73 Å². The number of thioether (sulfide) groups is 1. The molecule has 2 aromatic heterocycles. The molecule has 1 aliphatic rings. The molecule has 1 amide bonds. The Hall–Kier alpha value is -2.65. The Morgan fingerprint density at radius 3 is 2.93 bits per heavy atom. The van der Waals surface area contributed by atoms with Crippen LogP contribution < -0.4 is 5.32 Å². The second-order valence-electron chi connectivity index (χ2n) is 5.77. The number of hydrogen-bond acceptors (Lipinski definition) is 8. The van der Waals surface area contributed by atoms with Crippen LogP contribution in [0.5, 0.6) is 0 Å². The van der Waals surface area contributed by atoms with E-state index in [1.165, 1.54) is 23.1 Å². The summed E-state index contributed by atoms with van der Waals surface area (Å²) < 4.78 is 6.01. The molecule has 0 fully saturated rings. The molecule has 0 radical (unpaired) electrons. The first-order valence-electron chi connectivity index (χ1n) is 8.44. The van der Waals surface area contributed by atoms with Gasteiger partial charge in [-0.2, -0.15) is 5.10 Å². The monoisotopic (exact) mass is 399 g/mol. The molecule has 0 atom stereocenters. The van der Waals surface area contributed by atoms with Gasteiger partial charge in [0, 0.05) is 6.42 Å². The Morgan fingerprint density at radius 2 is 2.11 bits per heavy atom. The van der Waals surface area contributed by atoms with E-state index in [0.717, 1.165) is 27.8 Å². The number of benzene rings is 1. The van der Waals surface area contributed by atoms with E-state index in [0.29, 0.717) is 24.0 Å². The number of aromatic nitrogens is 2. The number of anilines is 1. The number of hydrogen-bond donors (Lipinski definition) is 1. The molecule has 0 spiro atoms. The summed E-state index contributed by atoms with van der Waals surface area (Å²) in [7, 11) is 0. The molecular formula is C18H17N5O2S2. The van der Waals surface area contributed by atoms with Gasteiger partial charge >= 0.3 is 0 Å². The highest BCUT2D eigenvalue weighted by molar-refractivity contribution is 8.01. The summed E-state index contributed by atoms with van der Waals surface area (Å²) >= 11 is 2.80. The summed E-state index contributed by atoms with van der Waals surface area (Å²) in [5.41, 5.74) is 2.02. The van der Waals surface area contributed by atoms with Gasteiger partial charge in [0.2, 0.25) is 5.13 Å². The number of amides is 1. The largest absolute Gasteiger partial charge is 0.467 e. The summed E-state index contributed by atoms with van der Waals surface area (Å²) in [6.45, 7) is 1.17. The summed E-state index contributed by atoms with van der Waals surface area (Å²) in [4.78, 5) is 12.4. The number of carbonyl (C=O) groups is 1. The maximum atomic E-state index is 12.4. The van der Waals surface area contributed by atoms with Crippen LogP contribution in [0, 0.1) is 0 Å². The molecular weight excluding hydrogens is 382 g/mol. The molecule has 1 aliphatic heterocycles. The Bertz CT molecular complexity index is 924. The van der Waals surface area contributed by atoms with Crippen LogP contribution in [0.1, 0.15) is 17.7 Å². The lowest BCUT2D eigenvalue weighted by atomic mass is 10.1.